The van der Waals surface area contributed by atoms with Gasteiger partial charge >= 0.3 is 0 Å². The second-order valence-corrected chi connectivity index (χ2v) is 7.50. The Morgan fingerprint density at radius 1 is 1.33 bits per heavy atom. The molecule has 0 spiro atoms. The van der Waals surface area contributed by atoms with Gasteiger partial charge < -0.3 is 11.1 Å². The molecule has 3 rings (SSSR count). The van der Waals surface area contributed by atoms with Crippen LogP contribution >= 0.6 is 23.4 Å². The van der Waals surface area contributed by atoms with E-state index >= 15 is 0 Å². The summed E-state index contributed by atoms with van der Waals surface area (Å²) in [5.74, 6) is 0.772. The van der Waals surface area contributed by atoms with Gasteiger partial charge in [-0.1, -0.05) is 23.4 Å². The average molecular weight is 363 g/mol. The van der Waals surface area contributed by atoms with E-state index in [9.17, 15) is 4.79 Å². The van der Waals surface area contributed by atoms with Gasteiger partial charge in [0.25, 0.3) is 0 Å². The van der Waals surface area contributed by atoms with Crippen LogP contribution in [0.15, 0.2) is 40.4 Å². The first-order valence-corrected chi connectivity index (χ1v) is 9.00. The molecule has 0 amide bonds. The maximum atomic E-state index is 11.4. The normalized spacial score (nSPS) is 20.9. The first kappa shape index (κ1) is 17.2. The lowest BCUT2D eigenvalue weighted by molar-refractivity contribution is -0.120. The minimum absolute atomic E-state index is 0.0414. The number of halogens is 1. The number of Topliss-reactive ketones (excluding diaryl/α,β-unsaturated/α-hetero) is 1. The summed E-state index contributed by atoms with van der Waals surface area (Å²) in [5, 5.41) is 3.97. The van der Waals surface area contributed by atoms with Crippen LogP contribution in [0, 0.1) is 6.92 Å². The molecule has 5 nitrogen and oxygen atoms in total. The van der Waals surface area contributed by atoms with Gasteiger partial charge in [0.05, 0.1) is 0 Å². The van der Waals surface area contributed by atoms with Gasteiger partial charge in [-0.3, -0.25) is 4.79 Å². The third kappa shape index (κ3) is 4.26. The summed E-state index contributed by atoms with van der Waals surface area (Å²) < 4.78 is 0. The molecule has 7 heteroatoms. The van der Waals surface area contributed by atoms with Crippen molar-refractivity contribution in [3.63, 3.8) is 0 Å². The lowest BCUT2D eigenvalue weighted by Crippen LogP contribution is -2.45. The summed E-state index contributed by atoms with van der Waals surface area (Å²) >= 11 is 7.58. The predicted octanol–water partition coefficient (Wildman–Crippen LogP) is 3.45. The van der Waals surface area contributed by atoms with Crippen LogP contribution in [0.4, 0.5) is 5.95 Å². The molecule has 0 aliphatic heterocycles. The summed E-state index contributed by atoms with van der Waals surface area (Å²) in [6, 6.07) is 5.67. The van der Waals surface area contributed by atoms with Crippen molar-refractivity contribution in [2.75, 3.05) is 5.32 Å². The molecule has 3 N–H and O–H groups in total. The molecule has 1 fully saturated rings. The fourth-order valence-corrected chi connectivity index (χ4v) is 3.73. The number of rotatable bonds is 4. The van der Waals surface area contributed by atoms with Crippen LogP contribution in [0.5, 0.6) is 0 Å². The van der Waals surface area contributed by atoms with Crippen LogP contribution in [0.1, 0.15) is 24.8 Å². The molecule has 1 aromatic heterocycles. The Labute approximate surface area is 150 Å². The van der Waals surface area contributed by atoms with E-state index in [2.05, 4.69) is 15.3 Å². The Kier molecular flexibility index (Phi) is 5.38. The predicted molar refractivity (Wildman–Crippen MR) is 96.6 cm³/mol. The quantitative estimate of drug-likeness (QED) is 0.867. The lowest BCUT2D eigenvalue weighted by Gasteiger charge is -2.28. The Balaban J connectivity index is 1.64. The second kappa shape index (κ2) is 7.51. The number of aryl methyl sites for hydroxylation is 1. The van der Waals surface area contributed by atoms with E-state index in [1.54, 1.807) is 24.2 Å². The highest BCUT2D eigenvalue weighted by molar-refractivity contribution is 7.99. The molecule has 1 aromatic carbocycles. The summed E-state index contributed by atoms with van der Waals surface area (Å²) in [7, 11) is 0. The maximum absolute atomic E-state index is 11.4. The highest BCUT2D eigenvalue weighted by atomic mass is 35.5. The highest BCUT2D eigenvalue weighted by Gasteiger charge is 2.26. The maximum Gasteiger partial charge on any atom is 0.222 e. The zero-order valence-electron chi connectivity index (χ0n) is 13.3. The first-order valence-electron chi connectivity index (χ1n) is 7.81. The lowest BCUT2D eigenvalue weighted by atomic mass is 9.90. The monoisotopic (exact) mass is 362 g/mol. The van der Waals surface area contributed by atoms with Gasteiger partial charge in [0.15, 0.2) is 0 Å². The molecule has 1 aliphatic rings. The Morgan fingerprint density at radius 3 is 2.75 bits per heavy atom. The Bertz CT molecular complexity index is 738. The Hall–Kier alpha value is -1.63. The van der Waals surface area contributed by atoms with Gasteiger partial charge in [0.1, 0.15) is 5.78 Å². The van der Waals surface area contributed by atoms with Crippen LogP contribution in [-0.4, -0.2) is 27.8 Å². The van der Waals surface area contributed by atoms with Gasteiger partial charge in [-0.2, -0.15) is 0 Å². The SMILES string of the molecule is Cc1cc(Cl)ccc1Sc1cnc(NC2CCC(=O)CC2N)nc1. The number of nitrogens with two attached hydrogens (primary N) is 1. The van der Waals surface area contributed by atoms with Crippen LogP contribution in [0.2, 0.25) is 5.02 Å². The smallest absolute Gasteiger partial charge is 0.222 e. The van der Waals surface area contributed by atoms with E-state index in [1.807, 2.05) is 25.1 Å². The van der Waals surface area contributed by atoms with Crippen molar-refractivity contribution in [3.05, 3.63) is 41.2 Å². The van der Waals surface area contributed by atoms with Gasteiger partial charge in [0.2, 0.25) is 5.95 Å². The standard InChI is InChI=1S/C17H19ClN4OS/c1-10-6-11(18)2-5-16(10)24-13-8-20-17(21-9-13)22-15-4-3-12(23)7-14(15)19/h2,5-6,8-9,14-15H,3-4,7,19H2,1H3,(H,20,21,22). The van der Waals surface area contributed by atoms with Crippen LogP contribution < -0.4 is 11.1 Å². The van der Waals surface area contributed by atoms with Crippen molar-refractivity contribution in [2.45, 2.75) is 48.1 Å². The number of ketones is 1. The molecule has 0 saturated heterocycles. The van der Waals surface area contributed by atoms with Gasteiger partial charge in [0, 0.05) is 52.1 Å². The molecule has 1 aliphatic carbocycles. The largest absolute Gasteiger partial charge is 0.350 e. The molecule has 1 saturated carbocycles. The van der Waals surface area contributed by atoms with Gasteiger partial charge in [-0.05, 0) is 37.1 Å². The van der Waals surface area contributed by atoms with Gasteiger partial charge in [-0.15, -0.1) is 0 Å². The molecular formula is C17H19ClN4OS. The van der Waals surface area contributed by atoms with Crippen molar-refractivity contribution in [2.24, 2.45) is 5.73 Å². The molecule has 2 unspecified atom stereocenters. The number of benzene rings is 1. The molecular weight excluding hydrogens is 344 g/mol. The first-order chi connectivity index (χ1) is 11.5. The molecule has 0 radical (unpaired) electrons. The number of carbonyl (C=O) groups excluding carboxylic acids is 1. The third-order valence-corrected chi connectivity index (χ3v) is 5.38. The third-order valence-electron chi connectivity index (χ3n) is 4.02. The summed E-state index contributed by atoms with van der Waals surface area (Å²) in [4.78, 5) is 22.2. The minimum Gasteiger partial charge on any atom is -0.350 e. The number of anilines is 1. The number of nitrogens with zero attached hydrogens (tertiary/aromatic N) is 2. The van der Waals surface area contributed by atoms with E-state index in [0.717, 1.165) is 26.8 Å². The number of carbonyl (C=O) groups is 1. The molecule has 24 heavy (non-hydrogen) atoms. The van der Waals surface area contributed by atoms with E-state index < -0.39 is 0 Å². The molecule has 1 heterocycles. The summed E-state index contributed by atoms with van der Waals surface area (Å²) in [6.45, 7) is 2.02. The Morgan fingerprint density at radius 2 is 2.08 bits per heavy atom. The summed E-state index contributed by atoms with van der Waals surface area (Å²) in [6.07, 6.45) is 5.28. The molecule has 126 valence electrons. The zero-order valence-corrected chi connectivity index (χ0v) is 14.9. The fourth-order valence-electron chi connectivity index (χ4n) is 2.68. The van der Waals surface area contributed by atoms with E-state index in [1.165, 1.54) is 0 Å². The number of nitrogens with one attached hydrogen (secondary N) is 1. The molecule has 0 bridgehead atoms. The fraction of sp³-hybridized carbons (Fsp3) is 0.353. The average Bonchev–Trinajstić information content (AvgIpc) is 2.54. The molecule has 2 aromatic rings. The van der Waals surface area contributed by atoms with Crippen molar-refractivity contribution >= 4 is 35.1 Å². The summed E-state index contributed by atoms with van der Waals surface area (Å²) in [5.41, 5.74) is 7.14. The van der Waals surface area contributed by atoms with Crippen LogP contribution in [0.25, 0.3) is 0 Å². The van der Waals surface area contributed by atoms with Crippen molar-refractivity contribution < 1.29 is 4.79 Å². The van der Waals surface area contributed by atoms with Crippen molar-refractivity contribution in [1.82, 2.24) is 9.97 Å². The number of hydrogen-bond acceptors (Lipinski definition) is 6. The number of hydrogen-bond donors (Lipinski definition) is 2. The van der Waals surface area contributed by atoms with Crippen LogP contribution in [0.3, 0.4) is 0 Å². The zero-order chi connectivity index (χ0) is 17.1. The van der Waals surface area contributed by atoms with Crippen molar-refractivity contribution in [3.8, 4) is 0 Å². The van der Waals surface area contributed by atoms with Gasteiger partial charge in [-0.25, -0.2) is 9.97 Å². The minimum atomic E-state index is -0.180. The highest BCUT2D eigenvalue weighted by Crippen LogP contribution is 2.31. The topological polar surface area (TPSA) is 80.9 Å². The van der Waals surface area contributed by atoms with E-state index in [-0.39, 0.29) is 17.9 Å². The molecule has 2 atom stereocenters. The van der Waals surface area contributed by atoms with Crippen molar-refractivity contribution in [1.29, 1.82) is 0 Å². The second-order valence-electron chi connectivity index (χ2n) is 5.95. The van der Waals surface area contributed by atoms with E-state index in [4.69, 9.17) is 17.3 Å². The van der Waals surface area contributed by atoms with Crippen LogP contribution in [-0.2, 0) is 4.79 Å². The van der Waals surface area contributed by atoms with E-state index in [0.29, 0.717) is 18.8 Å². The number of aromatic nitrogens is 2.